The Morgan fingerprint density at radius 2 is 1.96 bits per heavy atom. The van der Waals surface area contributed by atoms with E-state index >= 15 is 0 Å². The molecule has 1 aromatic carbocycles. The lowest BCUT2D eigenvalue weighted by Gasteiger charge is -2.20. The molecule has 0 aliphatic rings. The van der Waals surface area contributed by atoms with E-state index in [0.29, 0.717) is 18.2 Å². The summed E-state index contributed by atoms with van der Waals surface area (Å²) in [6, 6.07) is 12.8. The Morgan fingerprint density at radius 1 is 1.26 bits per heavy atom. The van der Waals surface area contributed by atoms with Gasteiger partial charge in [-0.2, -0.15) is 0 Å². The van der Waals surface area contributed by atoms with E-state index in [0.717, 1.165) is 19.3 Å². The number of carbonyl (C=O) groups is 1. The first-order chi connectivity index (χ1) is 11.1. The fraction of sp³-hybridized carbons (Fsp3) is 0.450. The number of hydrogen-bond acceptors (Lipinski definition) is 3. The van der Waals surface area contributed by atoms with Gasteiger partial charge in [-0.05, 0) is 25.3 Å². The molecule has 2 unspecified atom stereocenters. The zero-order valence-corrected chi connectivity index (χ0v) is 14.5. The van der Waals surface area contributed by atoms with E-state index in [4.69, 9.17) is 0 Å². The Balaban J connectivity index is 2.62. The highest BCUT2D eigenvalue weighted by molar-refractivity contribution is 5.98. The van der Waals surface area contributed by atoms with Crippen LogP contribution < -0.4 is 10.6 Å². The predicted molar refractivity (Wildman–Crippen MR) is 96.9 cm³/mol. The summed E-state index contributed by atoms with van der Waals surface area (Å²) in [7, 11) is 0. The molecule has 0 fully saturated rings. The van der Waals surface area contributed by atoms with Gasteiger partial charge in [-0.1, -0.05) is 63.1 Å². The Kier molecular flexibility index (Phi) is 8.60. The largest absolute Gasteiger partial charge is 0.382 e. The van der Waals surface area contributed by atoms with Gasteiger partial charge in [0.1, 0.15) is 0 Å². The van der Waals surface area contributed by atoms with E-state index in [-0.39, 0.29) is 11.8 Å². The predicted octanol–water partition coefficient (Wildman–Crippen LogP) is 3.59. The van der Waals surface area contributed by atoms with Crippen molar-refractivity contribution in [3.63, 3.8) is 0 Å². The van der Waals surface area contributed by atoms with Crippen LogP contribution in [0.1, 0.15) is 51.5 Å². The number of carbonyl (C=O) groups excluding carboxylic acids is 1. The zero-order valence-electron chi connectivity index (χ0n) is 14.5. The average Bonchev–Trinajstić information content (AvgIpc) is 2.59. The monoisotopic (exact) mass is 312 g/mol. The molecular weight excluding hydrogens is 284 g/mol. The molecule has 0 bridgehead atoms. The van der Waals surface area contributed by atoms with Crippen LogP contribution in [-0.2, 0) is 4.79 Å². The molecule has 23 heavy (non-hydrogen) atoms. The molecule has 1 aromatic rings. The van der Waals surface area contributed by atoms with E-state index < -0.39 is 0 Å². The van der Waals surface area contributed by atoms with Crippen LogP contribution in [0.15, 0.2) is 42.6 Å². The average molecular weight is 312 g/mol. The van der Waals surface area contributed by atoms with Gasteiger partial charge >= 0.3 is 0 Å². The molecule has 3 nitrogen and oxygen atoms in total. The van der Waals surface area contributed by atoms with Crippen LogP contribution in [0.3, 0.4) is 0 Å². The second-order valence-electron chi connectivity index (χ2n) is 5.60. The molecule has 1 rings (SSSR count). The van der Waals surface area contributed by atoms with Crippen molar-refractivity contribution in [3.8, 4) is 12.0 Å². The number of benzene rings is 1. The Bertz CT molecular complexity index is 554. The zero-order chi connectivity index (χ0) is 17.1. The molecule has 0 saturated carbocycles. The third kappa shape index (κ3) is 6.20. The highest BCUT2D eigenvalue weighted by atomic mass is 16.1. The summed E-state index contributed by atoms with van der Waals surface area (Å²) >= 11 is 0. The van der Waals surface area contributed by atoms with Gasteiger partial charge in [-0.25, -0.2) is 0 Å². The first kappa shape index (κ1) is 18.8. The van der Waals surface area contributed by atoms with Gasteiger partial charge in [0.2, 0.25) is 5.78 Å². The molecule has 0 saturated heterocycles. The van der Waals surface area contributed by atoms with Crippen molar-refractivity contribution in [3.05, 3.63) is 48.2 Å². The minimum atomic E-state index is -0.288. The molecule has 0 radical (unpaired) electrons. The van der Waals surface area contributed by atoms with Crippen LogP contribution in [0, 0.1) is 12.0 Å². The van der Waals surface area contributed by atoms with Crippen molar-refractivity contribution in [2.24, 2.45) is 0 Å². The Morgan fingerprint density at radius 3 is 2.52 bits per heavy atom. The van der Waals surface area contributed by atoms with E-state index in [2.05, 4.69) is 55.2 Å². The fourth-order valence-corrected chi connectivity index (χ4v) is 2.48. The third-order valence-electron chi connectivity index (χ3n) is 3.89. The van der Waals surface area contributed by atoms with Gasteiger partial charge in [0.25, 0.3) is 0 Å². The minimum absolute atomic E-state index is 0.00230. The molecule has 0 aliphatic carbocycles. The molecule has 0 heterocycles. The Hall–Kier alpha value is -2.21. The summed E-state index contributed by atoms with van der Waals surface area (Å²) in [4.78, 5) is 12.5. The fourth-order valence-electron chi connectivity index (χ4n) is 2.48. The highest BCUT2D eigenvalue weighted by Crippen LogP contribution is 2.18. The second kappa shape index (κ2) is 10.5. The van der Waals surface area contributed by atoms with Gasteiger partial charge in [-0.15, -0.1) is 0 Å². The SMILES string of the molecule is C=C(NCC(CC)c1ccccc1)C(=O)C(CCC)NC#CC. The third-order valence-corrected chi connectivity index (χ3v) is 3.89. The lowest BCUT2D eigenvalue weighted by molar-refractivity contribution is -0.117. The molecule has 124 valence electrons. The van der Waals surface area contributed by atoms with Crippen molar-refractivity contribution in [2.45, 2.75) is 52.0 Å². The molecular formula is C20H28N2O. The van der Waals surface area contributed by atoms with E-state index in [9.17, 15) is 4.79 Å². The molecule has 3 heteroatoms. The van der Waals surface area contributed by atoms with Crippen molar-refractivity contribution >= 4 is 5.78 Å². The summed E-state index contributed by atoms with van der Waals surface area (Å²) in [5.74, 6) is 3.13. The first-order valence-electron chi connectivity index (χ1n) is 8.33. The van der Waals surface area contributed by atoms with Crippen molar-refractivity contribution in [1.82, 2.24) is 10.6 Å². The summed E-state index contributed by atoms with van der Waals surface area (Å²) < 4.78 is 0. The molecule has 2 atom stereocenters. The number of nitrogens with one attached hydrogen (secondary N) is 2. The molecule has 0 aromatic heterocycles. The highest BCUT2D eigenvalue weighted by Gasteiger charge is 2.20. The normalized spacial score (nSPS) is 12.5. The molecule has 0 aliphatic heterocycles. The minimum Gasteiger partial charge on any atom is -0.382 e. The summed E-state index contributed by atoms with van der Waals surface area (Å²) in [5.41, 5.74) is 1.74. The van der Waals surface area contributed by atoms with E-state index in [1.54, 1.807) is 6.92 Å². The lowest BCUT2D eigenvalue weighted by atomic mass is 9.96. The van der Waals surface area contributed by atoms with Gasteiger partial charge < -0.3 is 10.6 Å². The van der Waals surface area contributed by atoms with Gasteiger partial charge in [0.15, 0.2) is 0 Å². The molecule has 2 N–H and O–H groups in total. The van der Waals surface area contributed by atoms with Gasteiger partial charge in [0.05, 0.1) is 11.7 Å². The quantitative estimate of drug-likeness (QED) is 0.394. The molecule has 0 amide bonds. The first-order valence-corrected chi connectivity index (χ1v) is 8.33. The number of hydrogen-bond donors (Lipinski definition) is 2. The van der Waals surface area contributed by atoms with Crippen LogP contribution in [0.2, 0.25) is 0 Å². The lowest BCUT2D eigenvalue weighted by Crippen LogP contribution is -2.38. The van der Waals surface area contributed by atoms with Crippen LogP contribution in [-0.4, -0.2) is 18.4 Å². The summed E-state index contributed by atoms with van der Waals surface area (Å²) in [6.07, 6.45) is 2.68. The second-order valence-corrected chi connectivity index (χ2v) is 5.60. The van der Waals surface area contributed by atoms with Crippen molar-refractivity contribution in [2.75, 3.05) is 6.54 Å². The maximum Gasteiger partial charge on any atom is 0.200 e. The van der Waals surface area contributed by atoms with Crippen molar-refractivity contribution in [1.29, 1.82) is 0 Å². The Labute approximate surface area is 140 Å². The van der Waals surface area contributed by atoms with Crippen LogP contribution in [0.4, 0.5) is 0 Å². The standard InChI is InChI=1S/C20H28N2O/c1-5-11-19(21-14-6-2)20(23)16(4)22-15-17(7-3)18-12-9-8-10-13-18/h8-10,12-13,17,19,21-22H,4-5,7,11,15H2,1-3H3. The van der Waals surface area contributed by atoms with Crippen LogP contribution >= 0.6 is 0 Å². The van der Waals surface area contributed by atoms with Gasteiger partial charge in [0, 0.05) is 18.5 Å². The summed E-state index contributed by atoms with van der Waals surface area (Å²) in [6.45, 7) is 10.6. The number of Topliss-reactive ketones (excluding diaryl/α,β-unsaturated/α-hetero) is 1. The maximum absolute atomic E-state index is 12.5. The number of rotatable bonds is 10. The summed E-state index contributed by atoms with van der Waals surface area (Å²) in [5, 5.41) is 6.19. The van der Waals surface area contributed by atoms with E-state index in [1.807, 2.05) is 18.2 Å². The van der Waals surface area contributed by atoms with Crippen molar-refractivity contribution < 1.29 is 4.79 Å². The number of ketones is 1. The van der Waals surface area contributed by atoms with Crippen LogP contribution in [0.5, 0.6) is 0 Å². The van der Waals surface area contributed by atoms with E-state index in [1.165, 1.54) is 5.56 Å². The maximum atomic E-state index is 12.5. The van der Waals surface area contributed by atoms with Crippen LogP contribution in [0.25, 0.3) is 0 Å². The topological polar surface area (TPSA) is 41.1 Å². The molecule has 0 spiro atoms. The smallest absolute Gasteiger partial charge is 0.200 e. The van der Waals surface area contributed by atoms with Gasteiger partial charge in [-0.3, -0.25) is 4.79 Å².